The minimum atomic E-state index is -0.248. The molecule has 156 valence electrons. The van der Waals surface area contributed by atoms with Crippen LogP contribution in [0, 0.1) is 0 Å². The number of aromatic nitrogens is 2. The SMILES string of the molecule is CN(C)CCNC(=O)c1ccc(CNC(=O)C=Cc2c(Cl)nc3ccccn23)cc1. The van der Waals surface area contributed by atoms with Crippen LogP contribution in [-0.2, 0) is 11.3 Å². The number of pyridine rings is 1. The second-order valence-corrected chi connectivity index (χ2v) is 7.38. The molecule has 0 saturated heterocycles. The molecule has 3 aromatic rings. The highest BCUT2D eigenvalue weighted by atomic mass is 35.5. The van der Waals surface area contributed by atoms with Crippen LogP contribution in [0.25, 0.3) is 11.7 Å². The lowest BCUT2D eigenvalue weighted by Crippen LogP contribution is -2.31. The number of carbonyl (C=O) groups is 2. The van der Waals surface area contributed by atoms with Crippen molar-refractivity contribution in [3.8, 4) is 0 Å². The molecule has 0 saturated carbocycles. The summed E-state index contributed by atoms with van der Waals surface area (Å²) in [5.74, 6) is -0.359. The first kappa shape index (κ1) is 21.5. The zero-order valence-electron chi connectivity index (χ0n) is 16.9. The first-order chi connectivity index (χ1) is 14.4. The van der Waals surface area contributed by atoms with E-state index < -0.39 is 0 Å². The first-order valence-corrected chi connectivity index (χ1v) is 9.92. The number of fused-ring (bicyclic) bond motifs is 1. The monoisotopic (exact) mass is 425 g/mol. The van der Waals surface area contributed by atoms with Crippen LogP contribution in [0.15, 0.2) is 54.7 Å². The third-order valence-electron chi connectivity index (χ3n) is 4.44. The quantitative estimate of drug-likeness (QED) is 0.544. The molecule has 2 amide bonds. The lowest BCUT2D eigenvalue weighted by molar-refractivity contribution is -0.116. The molecular formula is C22H24ClN5O2. The molecule has 0 spiro atoms. The molecule has 0 aliphatic rings. The van der Waals surface area contributed by atoms with Crippen molar-refractivity contribution in [1.82, 2.24) is 24.9 Å². The van der Waals surface area contributed by atoms with Gasteiger partial charge in [0, 0.05) is 37.5 Å². The van der Waals surface area contributed by atoms with Crippen LogP contribution in [0.5, 0.6) is 0 Å². The summed E-state index contributed by atoms with van der Waals surface area (Å²) in [5.41, 5.74) is 2.85. The number of amides is 2. The Balaban J connectivity index is 1.52. The predicted molar refractivity (Wildman–Crippen MR) is 118 cm³/mol. The second-order valence-electron chi connectivity index (χ2n) is 7.02. The fourth-order valence-electron chi connectivity index (χ4n) is 2.81. The van der Waals surface area contributed by atoms with Crippen molar-refractivity contribution < 1.29 is 9.59 Å². The molecule has 0 radical (unpaired) electrons. The van der Waals surface area contributed by atoms with Gasteiger partial charge in [-0.15, -0.1) is 0 Å². The van der Waals surface area contributed by atoms with Gasteiger partial charge in [-0.05, 0) is 50.0 Å². The standard InChI is InChI=1S/C22H24ClN5O2/c1-27(2)14-12-24-22(30)17-8-6-16(7-9-17)15-25-20(29)11-10-18-21(23)26-19-5-3-4-13-28(18)19/h3-11,13H,12,14-15H2,1-2H3,(H,24,30)(H,25,29). The van der Waals surface area contributed by atoms with E-state index in [9.17, 15) is 9.59 Å². The minimum Gasteiger partial charge on any atom is -0.351 e. The molecule has 7 nitrogen and oxygen atoms in total. The molecule has 0 atom stereocenters. The van der Waals surface area contributed by atoms with Gasteiger partial charge in [-0.1, -0.05) is 29.8 Å². The highest BCUT2D eigenvalue weighted by Crippen LogP contribution is 2.18. The number of rotatable bonds is 8. The van der Waals surface area contributed by atoms with E-state index in [1.807, 2.05) is 59.9 Å². The molecule has 0 bridgehead atoms. The van der Waals surface area contributed by atoms with Crippen molar-refractivity contribution >= 4 is 35.1 Å². The molecular weight excluding hydrogens is 402 g/mol. The number of hydrogen-bond donors (Lipinski definition) is 2. The smallest absolute Gasteiger partial charge is 0.251 e. The number of nitrogens with one attached hydrogen (secondary N) is 2. The fraction of sp³-hybridized carbons (Fsp3) is 0.227. The van der Waals surface area contributed by atoms with Gasteiger partial charge in [0.15, 0.2) is 5.15 Å². The lowest BCUT2D eigenvalue weighted by Gasteiger charge is -2.10. The van der Waals surface area contributed by atoms with Crippen molar-refractivity contribution in [2.75, 3.05) is 27.2 Å². The number of benzene rings is 1. The van der Waals surface area contributed by atoms with E-state index in [4.69, 9.17) is 11.6 Å². The number of imidazole rings is 1. The summed E-state index contributed by atoms with van der Waals surface area (Å²) in [4.78, 5) is 30.5. The average Bonchev–Trinajstić information content (AvgIpc) is 3.05. The van der Waals surface area contributed by atoms with Crippen LogP contribution in [-0.4, -0.2) is 53.3 Å². The second kappa shape index (κ2) is 10.0. The lowest BCUT2D eigenvalue weighted by atomic mass is 10.1. The Morgan fingerprint density at radius 1 is 1.13 bits per heavy atom. The molecule has 0 aliphatic carbocycles. The van der Waals surface area contributed by atoms with Crippen molar-refractivity contribution in [3.05, 3.63) is 76.7 Å². The summed E-state index contributed by atoms with van der Waals surface area (Å²) in [6, 6.07) is 12.7. The van der Waals surface area contributed by atoms with E-state index >= 15 is 0 Å². The number of carbonyl (C=O) groups excluding carboxylic acids is 2. The maximum atomic E-state index is 12.2. The van der Waals surface area contributed by atoms with E-state index in [1.54, 1.807) is 18.2 Å². The number of halogens is 1. The summed E-state index contributed by atoms with van der Waals surface area (Å²) in [6.07, 6.45) is 4.90. The van der Waals surface area contributed by atoms with E-state index in [1.165, 1.54) is 6.08 Å². The van der Waals surface area contributed by atoms with Crippen LogP contribution in [0.1, 0.15) is 21.6 Å². The first-order valence-electron chi connectivity index (χ1n) is 9.54. The van der Waals surface area contributed by atoms with Crippen molar-refractivity contribution in [3.63, 3.8) is 0 Å². The van der Waals surface area contributed by atoms with E-state index in [-0.39, 0.29) is 11.8 Å². The van der Waals surface area contributed by atoms with Crippen LogP contribution in [0.4, 0.5) is 0 Å². The third-order valence-corrected chi connectivity index (χ3v) is 4.72. The Kier molecular flexibility index (Phi) is 7.21. The maximum Gasteiger partial charge on any atom is 0.251 e. The van der Waals surface area contributed by atoms with Crippen molar-refractivity contribution in [2.24, 2.45) is 0 Å². The molecule has 2 N–H and O–H groups in total. The Hall–Kier alpha value is -3.16. The van der Waals surface area contributed by atoms with Gasteiger partial charge in [0.2, 0.25) is 5.91 Å². The summed E-state index contributed by atoms with van der Waals surface area (Å²) in [7, 11) is 3.91. The minimum absolute atomic E-state index is 0.111. The summed E-state index contributed by atoms with van der Waals surface area (Å²) in [6.45, 7) is 1.72. The fourth-order valence-corrected chi connectivity index (χ4v) is 3.05. The highest BCUT2D eigenvalue weighted by Gasteiger charge is 2.08. The van der Waals surface area contributed by atoms with Gasteiger partial charge >= 0.3 is 0 Å². The summed E-state index contributed by atoms with van der Waals surface area (Å²) >= 11 is 6.16. The molecule has 30 heavy (non-hydrogen) atoms. The van der Waals surface area contributed by atoms with Crippen molar-refractivity contribution in [1.29, 1.82) is 0 Å². The Morgan fingerprint density at radius 3 is 2.63 bits per heavy atom. The highest BCUT2D eigenvalue weighted by molar-refractivity contribution is 6.31. The zero-order chi connectivity index (χ0) is 21.5. The molecule has 0 aliphatic heterocycles. The van der Waals surface area contributed by atoms with Crippen LogP contribution < -0.4 is 10.6 Å². The van der Waals surface area contributed by atoms with Gasteiger partial charge in [0.05, 0.1) is 5.69 Å². The van der Waals surface area contributed by atoms with Crippen molar-refractivity contribution in [2.45, 2.75) is 6.54 Å². The predicted octanol–water partition coefficient (Wildman–Crippen LogP) is 2.61. The van der Waals surface area contributed by atoms with Crippen LogP contribution in [0.3, 0.4) is 0 Å². The Labute approximate surface area is 180 Å². The van der Waals surface area contributed by atoms with Crippen LogP contribution >= 0.6 is 11.6 Å². The molecule has 0 unspecified atom stereocenters. The van der Waals surface area contributed by atoms with Gasteiger partial charge < -0.3 is 15.5 Å². The molecule has 3 rings (SSSR count). The van der Waals surface area contributed by atoms with Gasteiger partial charge in [-0.2, -0.15) is 0 Å². The maximum absolute atomic E-state index is 12.2. The Morgan fingerprint density at radius 2 is 1.90 bits per heavy atom. The number of hydrogen-bond acceptors (Lipinski definition) is 4. The third kappa shape index (κ3) is 5.68. The molecule has 8 heteroatoms. The Bertz CT molecular complexity index is 1060. The largest absolute Gasteiger partial charge is 0.351 e. The van der Waals surface area contributed by atoms with E-state index in [0.717, 1.165) is 12.1 Å². The molecule has 0 fully saturated rings. The van der Waals surface area contributed by atoms with E-state index in [2.05, 4.69) is 15.6 Å². The zero-order valence-corrected chi connectivity index (χ0v) is 17.7. The van der Waals surface area contributed by atoms with Gasteiger partial charge in [0.1, 0.15) is 5.65 Å². The van der Waals surface area contributed by atoms with Gasteiger partial charge in [-0.25, -0.2) is 4.98 Å². The van der Waals surface area contributed by atoms with Gasteiger partial charge in [0.25, 0.3) is 5.91 Å². The van der Waals surface area contributed by atoms with Crippen LogP contribution in [0.2, 0.25) is 5.15 Å². The summed E-state index contributed by atoms with van der Waals surface area (Å²) < 4.78 is 1.81. The molecule has 1 aromatic carbocycles. The topological polar surface area (TPSA) is 78.7 Å². The molecule has 2 heterocycles. The van der Waals surface area contributed by atoms with E-state index in [0.29, 0.717) is 35.1 Å². The van der Waals surface area contributed by atoms with Gasteiger partial charge in [-0.3, -0.25) is 14.0 Å². The number of likely N-dealkylation sites (N-methyl/N-ethyl adjacent to an activating group) is 1. The molecule has 2 aromatic heterocycles. The summed E-state index contributed by atoms with van der Waals surface area (Å²) in [5, 5.41) is 6.03. The average molecular weight is 426 g/mol. The number of nitrogens with zero attached hydrogens (tertiary/aromatic N) is 3. The normalized spacial score (nSPS) is 11.3.